The van der Waals surface area contributed by atoms with E-state index in [0.29, 0.717) is 0 Å². The molecule has 2 rings (SSSR count). The molecule has 1 unspecified atom stereocenters. The standard InChI is InChI=1S/C14H19BrFN/c1-2-7-17-14(8-10-3-4-10)12-6-5-11(15)9-13(12)16/h5-6,9-10,14,17H,2-4,7-8H2,1H3. The van der Waals surface area contributed by atoms with Crippen LogP contribution >= 0.6 is 15.9 Å². The number of hydrogen-bond acceptors (Lipinski definition) is 1. The lowest BCUT2D eigenvalue weighted by Crippen LogP contribution is -2.23. The number of rotatable bonds is 6. The number of hydrogen-bond donors (Lipinski definition) is 1. The van der Waals surface area contributed by atoms with E-state index < -0.39 is 0 Å². The quantitative estimate of drug-likeness (QED) is 0.819. The third kappa shape index (κ3) is 3.78. The Kier molecular flexibility index (Phi) is 4.57. The van der Waals surface area contributed by atoms with Crippen LogP contribution in [0.25, 0.3) is 0 Å². The molecular formula is C14H19BrFN. The maximum absolute atomic E-state index is 13.9. The van der Waals surface area contributed by atoms with E-state index in [9.17, 15) is 4.39 Å². The Balaban J connectivity index is 2.11. The van der Waals surface area contributed by atoms with Crippen molar-refractivity contribution in [3.8, 4) is 0 Å². The van der Waals surface area contributed by atoms with E-state index in [0.717, 1.165) is 35.3 Å². The molecule has 1 fully saturated rings. The molecule has 1 aliphatic carbocycles. The SMILES string of the molecule is CCCNC(CC1CC1)c1ccc(Br)cc1F. The maximum atomic E-state index is 13.9. The van der Waals surface area contributed by atoms with Gasteiger partial charge in [-0.2, -0.15) is 0 Å². The predicted molar refractivity (Wildman–Crippen MR) is 72.5 cm³/mol. The van der Waals surface area contributed by atoms with Gasteiger partial charge in [-0.25, -0.2) is 4.39 Å². The van der Waals surface area contributed by atoms with E-state index in [-0.39, 0.29) is 11.9 Å². The zero-order valence-electron chi connectivity index (χ0n) is 10.2. The van der Waals surface area contributed by atoms with Gasteiger partial charge in [0.1, 0.15) is 5.82 Å². The molecule has 1 aromatic rings. The molecule has 1 aromatic carbocycles. The molecule has 0 bridgehead atoms. The summed E-state index contributed by atoms with van der Waals surface area (Å²) in [6, 6.07) is 5.56. The van der Waals surface area contributed by atoms with E-state index in [1.54, 1.807) is 6.07 Å². The van der Waals surface area contributed by atoms with Crippen LogP contribution in [0.2, 0.25) is 0 Å². The molecule has 3 heteroatoms. The minimum Gasteiger partial charge on any atom is -0.310 e. The zero-order valence-corrected chi connectivity index (χ0v) is 11.8. The number of benzene rings is 1. The first-order valence-corrected chi connectivity index (χ1v) is 7.18. The van der Waals surface area contributed by atoms with Gasteiger partial charge in [0.2, 0.25) is 0 Å². The van der Waals surface area contributed by atoms with Gasteiger partial charge in [-0.05, 0) is 37.4 Å². The summed E-state index contributed by atoms with van der Waals surface area (Å²) in [6.07, 6.45) is 4.77. The molecule has 1 nitrogen and oxygen atoms in total. The van der Waals surface area contributed by atoms with E-state index in [2.05, 4.69) is 28.2 Å². The van der Waals surface area contributed by atoms with E-state index in [4.69, 9.17) is 0 Å². The van der Waals surface area contributed by atoms with Crippen LogP contribution in [0.4, 0.5) is 4.39 Å². The second-order valence-corrected chi connectivity index (χ2v) is 5.77. The van der Waals surface area contributed by atoms with Gasteiger partial charge in [-0.3, -0.25) is 0 Å². The Bertz CT molecular complexity index is 376. The van der Waals surface area contributed by atoms with Crippen LogP contribution in [0.5, 0.6) is 0 Å². The summed E-state index contributed by atoms with van der Waals surface area (Å²) in [7, 11) is 0. The fourth-order valence-corrected chi connectivity index (χ4v) is 2.44. The summed E-state index contributed by atoms with van der Waals surface area (Å²) < 4.78 is 14.7. The summed E-state index contributed by atoms with van der Waals surface area (Å²) in [5.74, 6) is 0.695. The van der Waals surface area contributed by atoms with Crippen molar-refractivity contribution in [1.29, 1.82) is 0 Å². The Hall–Kier alpha value is -0.410. The Morgan fingerprint density at radius 1 is 1.47 bits per heavy atom. The molecule has 17 heavy (non-hydrogen) atoms. The van der Waals surface area contributed by atoms with Crippen molar-refractivity contribution in [3.05, 3.63) is 34.1 Å². The molecular weight excluding hydrogens is 281 g/mol. The van der Waals surface area contributed by atoms with Gasteiger partial charge in [-0.1, -0.05) is 41.8 Å². The van der Waals surface area contributed by atoms with Gasteiger partial charge in [-0.15, -0.1) is 0 Å². The van der Waals surface area contributed by atoms with Crippen molar-refractivity contribution in [2.45, 2.75) is 38.6 Å². The van der Waals surface area contributed by atoms with Crippen LogP contribution < -0.4 is 5.32 Å². The highest BCUT2D eigenvalue weighted by atomic mass is 79.9. The molecule has 0 aromatic heterocycles. The van der Waals surface area contributed by atoms with E-state index in [1.165, 1.54) is 12.8 Å². The van der Waals surface area contributed by atoms with Crippen molar-refractivity contribution in [1.82, 2.24) is 5.32 Å². The fourth-order valence-electron chi connectivity index (χ4n) is 2.11. The second kappa shape index (κ2) is 5.96. The zero-order chi connectivity index (χ0) is 12.3. The molecule has 1 atom stereocenters. The van der Waals surface area contributed by atoms with Crippen LogP contribution in [0.1, 0.15) is 44.2 Å². The highest BCUT2D eigenvalue weighted by Gasteiger charge is 2.27. The molecule has 0 saturated heterocycles. The summed E-state index contributed by atoms with van der Waals surface area (Å²) >= 11 is 3.30. The lowest BCUT2D eigenvalue weighted by atomic mass is 10.0. The molecule has 0 radical (unpaired) electrons. The molecule has 94 valence electrons. The summed E-state index contributed by atoms with van der Waals surface area (Å²) in [4.78, 5) is 0. The topological polar surface area (TPSA) is 12.0 Å². The third-order valence-corrected chi connectivity index (χ3v) is 3.74. The molecule has 1 aliphatic rings. The lowest BCUT2D eigenvalue weighted by molar-refractivity contribution is 0.453. The average molecular weight is 300 g/mol. The third-order valence-electron chi connectivity index (χ3n) is 3.24. The van der Waals surface area contributed by atoms with Gasteiger partial charge in [0.15, 0.2) is 0 Å². The molecule has 0 heterocycles. The molecule has 1 N–H and O–H groups in total. The first kappa shape index (κ1) is 13.0. The van der Waals surface area contributed by atoms with Gasteiger partial charge in [0.05, 0.1) is 0 Å². The maximum Gasteiger partial charge on any atom is 0.129 e. The van der Waals surface area contributed by atoms with Crippen LogP contribution in [0.3, 0.4) is 0 Å². The normalized spacial score (nSPS) is 17.1. The van der Waals surface area contributed by atoms with Gasteiger partial charge >= 0.3 is 0 Å². The Labute approximate surface area is 111 Å². The van der Waals surface area contributed by atoms with Gasteiger partial charge in [0, 0.05) is 16.1 Å². The second-order valence-electron chi connectivity index (χ2n) is 4.85. The summed E-state index contributed by atoms with van der Waals surface area (Å²) in [6.45, 7) is 3.09. The van der Waals surface area contributed by atoms with E-state index in [1.807, 2.05) is 12.1 Å². The smallest absolute Gasteiger partial charge is 0.129 e. The van der Waals surface area contributed by atoms with Gasteiger partial charge < -0.3 is 5.32 Å². The van der Waals surface area contributed by atoms with Crippen molar-refractivity contribution in [3.63, 3.8) is 0 Å². The van der Waals surface area contributed by atoms with Gasteiger partial charge in [0.25, 0.3) is 0 Å². The molecule has 0 spiro atoms. The van der Waals surface area contributed by atoms with Crippen LogP contribution in [-0.4, -0.2) is 6.54 Å². The molecule has 0 aliphatic heterocycles. The van der Waals surface area contributed by atoms with Crippen LogP contribution in [0, 0.1) is 11.7 Å². The number of nitrogens with one attached hydrogen (secondary N) is 1. The fraction of sp³-hybridized carbons (Fsp3) is 0.571. The first-order chi connectivity index (χ1) is 8.20. The summed E-state index contributed by atoms with van der Waals surface area (Å²) in [5.41, 5.74) is 0.813. The lowest BCUT2D eigenvalue weighted by Gasteiger charge is -2.19. The largest absolute Gasteiger partial charge is 0.310 e. The highest BCUT2D eigenvalue weighted by molar-refractivity contribution is 9.10. The van der Waals surface area contributed by atoms with Crippen LogP contribution in [-0.2, 0) is 0 Å². The predicted octanol–water partition coefficient (Wildman–Crippen LogP) is 4.43. The van der Waals surface area contributed by atoms with E-state index >= 15 is 0 Å². The monoisotopic (exact) mass is 299 g/mol. The van der Waals surface area contributed by atoms with Crippen molar-refractivity contribution in [2.75, 3.05) is 6.54 Å². The van der Waals surface area contributed by atoms with Crippen molar-refractivity contribution in [2.24, 2.45) is 5.92 Å². The summed E-state index contributed by atoms with van der Waals surface area (Å²) in [5, 5.41) is 3.46. The van der Waals surface area contributed by atoms with Crippen molar-refractivity contribution < 1.29 is 4.39 Å². The number of halogens is 2. The Morgan fingerprint density at radius 2 is 2.24 bits per heavy atom. The van der Waals surface area contributed by atoms with Crippen molar-refractivity contribution >= 4 is 15.9 Å². The molecule has 1 saturated carbocycles. The highest BCUT2D eigenvalue weighted by Crippen LogP contribution is 2.38. The average Bonchev–Trinajstić information content (AvgIpc) is 3.08. The first-order valence-electron chi connectivity index (χ1n) is 6.39. The Morgan fingerprint density at radius 3 is 2.82 bits per heavy atom. The minimum atomic E-state index is -0.103. The molecule has 0 amide bonds. The minimum absolute atomic E-state index is 0.103. The van der Waals surface area contributed by atoms with Crippen LogP contribution in [0.15, 0.2) is 22.7 Å².